The maximum atomic E-state index is 10.7. The zero-order valence-corrected chi connectivity index (χ0v) is 18.6. The predicted molar refractivity (Wildman–Crippen MR) is 126 cm³/mol. The largest absolute Gasteiger partial charge is 0.493 e. The number of guanidine groups is 1. The van der Waals surface area contributed by atoms with Crippen molar-refractivity contribution >= 4 is 16.7 Å². The van der Waals surface area contributed by atoms with Gasteiger partial charge in [-0.05, 0) is 47.9 Å². The summed E-state index contributed by atoms with van der Waals surface area (Å²) in [6.45, 7) is 5.07. The fraction of sp³-hybridized carbons (Fsp3) is 0.320. The van der Waals surface area contributed by atoms with Crippen molar-refractivity contribution in [3.8, 4) is 11.5 Å². The molecule has 0 aliphatic heterocycles. The van der Waals surface area contributed by atoms with Crippen LogP contribution in [0, 0.1) is 0 Å². The Morgan fingerprint density at radius 3 is 2.48 bits per heavy atom. The van der Waals surface area contributed by atoms with Gasteiger partial charge >= 0.3 is 0 Å². The molecule has 2 unspecified atom stereocenters. The Kier molecular flexibility index (Phi) is 7.73. The number of aliphatic hydroxyl groups excluding tert-OH is 1. The van der Waals surface area contributed by atoms with E-state index in [0.717, 1.165) is 12.1 Å². The lowest BCUT2D eigenvalue weighted by atomic mass is 10.00. The Labute approximate surface area is 183 Å². The fourth-order valence-electron chi connectivity index (χ4n) is 3.57. The quantitative estimate of drug-likeness (QED) is 0.375. The van der Waals surface area contributed by atoms with Crippen LogP contribution in [0.25, 0.3) is 10.8 Å². The molecule has 31 heavy (non-hydrogen) atoms. The Bertz CT molecular complexity index is 1030. The highest BCUT2D eigenvalue weighted by Crippen LogP contribution is 2.30. The standard InChI is InChI=1S/C25H31N3O3/c1-5-26-25(27-16-22(29)19-13-14-23(30-3)24(15-19)31-4)28-17(2)20-12-8-10-18-9-6-7-11-21(18)20/h6-15,17,22,29H,5,16H2,1-4H3,(H2,26,27,28). The number of hydrogen-bond donors (Lipinski definition) is 3. The van der Waals surface area contributed by atoms with Gasteiger partial charge in [0.15, 0.2) is 17.5 Å². The summed E-state index contributed by atoms with van der Waals surface area (Å²) in [5.74, 6) is 1.86. The van der Waals surface area contributed by atoms with Gasteiger partial charge in [-0.25, -0.2) is 0 Å². The van der Waals surface area contributed by atoms with Gasteiger partial charge in [-0.3, -0.25) is 4.99 Å². The summed E-state index contributed by atoms with van der Waals surface area (Å²) < 4.78 is 10.6. The molecule has 164 valence electrons. The number of hydrogen-bond acceptors (Lipinski definition) is 4. The van der Waals surface area contributed by atoms with E-state index in [1.165, 1.54) is 16.3 Å². The summed E-state index contributed by atoms with van der Waals surface area (Å²) in [4.78, 5) is 4.61. The molecule has 0 bridgehead atoms. The normalized spacial score (nSPS) is 13.5. The van der Waals surface area contributed by atoms with Crippen molar-refractivity contribution in [1.82, 2.24) is 10.6 Å². The lowest BCUT2D eigenvalue weighted by Crippen LogP contribution is -2.39. The van der Waals surface area contributed by atoms with E-state index in [9.17, 15) is 5.11 Å². The van der Waals surface area contributed by atoms with Gasteiger partial charge in [0.25, 0.3) is 0 Å². The highest BCUT2D eigenvalue weighted by atomic mass is 16.5. The minimum atomic E-state index is -0.761. The number of fused-ring (bicyclic) bond motifs is 1. The van der Waals surface area contributed by atoms with Crippen molar-refractivity contribution in [1.29, 1.82) is 0 Å². The van der Waals surface area contributed by atoms with E-state index in [1.54, 1.807) is 26.4 Å². The smallest absolute Gasteiger partial charge is 0.191 e. The summed E-state index contributed by atoms with van der Waals surface area (Å²) in [6.07, 6.45) is -0.761. The number of nitrogens with zero attached hydrogens (tertiary/aromatic N) is 1. The van der Waals surface area contributed by atoms with Gasteiger partial charge in [-0.15, -0.1) is 0 Å². The summed E-state index contributed by atoms with van der Waals surface area (Å²) in [5, 5.41) is 19.8. The highest BCUT2D eigenvalue weighted by molar-refractivity contribution is 5.87. The zero-order valence-electron chi connectivity index (χ0n) is 18.6. The van der Waals surface area contributed by atoms with Crippen LogP contribution in [0.5, 0.6) is 11.5 Å². The van der Waals surface area contributed by atoms with Crippen LogP contribution >= 0.6 is 0 Å². The minimum Gasteiger partial charge on any atom is -0.493 e. The Balaban J connectivity index is 1.75. The molecule has 0 aliphatic rings. The van der Waals surface area contributed by atoms with Crippen LogP contribution in [-0.2, 0) is 0 Å². The molecule has 3 aromatic carbocycles. The van der Waals surface area contributed by atoms with E-state index in [1.807, 2.05) is 19.1 Å². The predicted octanol–water partition coefficient (Wildman–Crippen LogP) is 4.21. The summed E-state index contributed by atoms with van der Waals surface area (Å²) in [7, 11) is 3.16. The second-order valence-corrected chi connectivity index (χ2v) is 7.28. The average molecular weight is 422 g/mol. The second kappa shape index (κ2) is 10.7. The third-order valence-electron chi connectivity index (χ3n) is 5.20. The van der Waals surface area contributed by atoms with Crippen LogP contribution in [-0.4, -0.2) is 38.4 Å². The molecule has 6 nitrogen and oxygen atoms in total. The first-order chi connectivity index (χ1) is 15.1. The van der Waals surface area contributed by atoms with Crippen molar-refractivity contribution in [3.63, 3.8) is 0 Å². The molecule has 0 spiro atoms. The fourth-order valence-corrected chi connectivity index (χ4v) is 3.57. The number of aliphatic hydroxyl groups is 1. The van der Waals surface area contributed by atoms with Gasteiger partial charge in [-0.2, -0.15) is 0 Å². The number of methoxy groups -OCH3 is 2. The van der Waals surface area contributed by atoms with E-state index in [2.05, 4.69) is 58.9 Å². The number of aliphatic imine (C=N–C) groups is 1. The molecular formula is C25H31N3O3. The van der Waals surface area contributed by atoms with Crippen LogP contribution < -0.4 is 20.1 Å². The van der Waals surface area contributed by atoms with E-state index >= 15 is 0 Å². The molecular weight excluding hydrogens is 390 g/mol. The number of ether oxygens (including phenoxy) is 2. The lowest BCUT2D eigenvalue weighted by molar-refractivity contribution is 0.186. The molecule has 0 heterocycles. The molecule has 0 saturated heterocycles. The maximum absolute atomic E-state index is 10.7. The van der Waals surface area contributed by atoms with Crippen LogP contribution in [0.1, 0.15) is 37.1 Å². The van der Waals surface area contributed by atoms with E-state index < -0.39 is 6.10 Å². The van der Waals surface area contributed by atoms with Gasteiger partial charge in [0, 0.05) is 6.54 Å². The Morgan fingerprint density at radius 2 is 1.74 bits per heavy atom. The summed E-state index contributed by atoms with van der Waals surface area (Å²) in [6, 6.07) is 20.1. The van der Waals surface area contributed by atoms with Gasteiger partial charge in [0.05, 0.1) is 32.9 Å². The van der Waals surface area contributed by atoms with Gasteiger partial charge in [0.2, 0.25) is 0 Å². The summed E-state index contributed by atoms with van der Waals surface area (Å²) in [5.41, 5.74) is 1.92. The van der Waals surface area contributed by atoms with E-state index in [4.69, 9.17) is 9.47 Å². The van der Waals surface area contributed by atoms with Gasteiger partial charge < -0.3 is 25.2 Å². The average Bonchev–Trinajstić information content (AvgIpc) is 2.81. The molecule has 0 fully saturated rings. The van der Waals surface area contributed by atoms with Crippen molar-refractivity contribution in [3.05, 3.63) is 71.8 Å². The lowest BCUT2D eigenvalue weighted by Gasteiger charge is -2.20. The molecule has 0 aromatic heterocycles. The first-order valence-electron chi connectivity index (χ1n) is 10.5. The monoisotopic (exact) mass is 421 g/mol. The second-order valence-electron chi connectivity index (χ2n) is 7.28. The van der Waals surface area contributed by atoms with Crippen LogP contribution in [0.2, 0.25) is 0 Å². The van der Waals surface area contributed by atoms with Gasteiger partial charge in [0.1, 0.15) is 0 Å². The number of benzene rings is 3. The van der Waals surface area contributed by atoms with Crippen LogP contribution in [0.3, 0.4) is 0 Å². The van der Waals surface area contributed by atoms with Crippen molar-refractivity contribution in [2.24, 2.45) is 4.99 Å². The Hall–Kier alpha value is -3.25. The van der Waals surface area contributed by atoms with E-state index in [0.29, 0.717) is 17.5 Å². The molecule has 2 atom stereocenters. The van der Waals surface area contributed by atoms with Crippen molar-refractivity contribution in [2.45, 2.75) is 26.0 Å². The Morgan fingerprint density at radius 1 is 1.00 bits per heavy atom. The zero-order chi connectivity index (χ0) is 22.2. The van der Waals surface area contributed by atoms with Crippen LogP contribution in [0.4, 0.5) is 0 Å². The highest BCUT2D eigenvalue weighted by Gasteiger charge is 2.14. The minimum absolute atomic E-state index is 0.0436. The maximum Gasteiger partial charge on any atom is 0.191 e. The SMILES string of the molecule is CCNC(=NCC(O)c1ccc(OC)c(OC)c1)NC(C)c1cccc2ccccc12. The number of rotatable bonds is 8. The third-order valence-corrected chi connectivity index (χ3v) is 5.20. The topological polar surface area (TPSA) is 75.1 Å². The first kappa shape index (κ1) is 22.4. The van der Waals surface area contributed by atoms with Gasteiger partial charge in [-0.1, -0.05) is 48.5 Å². The van der Waals surface area contributed by atoms with E-state index in [-0.39, 0.29) is 12.6 Å². The molecule has 3 rings (SSSR count). The van der Waals surface area contributed by atoms with Crippen molar-refractivity contribution in [2.75, 3.05) is 27.3 Å². The summed E-state index contributed by atoms with van der Waals surface area (Å²) >= 11 is 0. The first-order valence-corrected chi connectivity index (χ1v) is 10.5. The molecule has 3 N–H and O–H groups in total. The number of nitrogens with one attached hydrogen (secondary N) is 2. The molecule has 3 aromatic rings. The molecule has 6 heteroatoms. The molecule has 0 amide bonds. The molecule has 0 saturated carbocycles. The molecule has 0 radical (unpaired) electrons. The van der Waals surface area contributed by atoms with Crippen LogP contribution in [0.15, 0.2) is 65.7 Å². The molecule has 0 aliphatic carbocycles. The van der Waals surface area contributed by atoms with Crippen molar-refractivity contribution < 1.29 is 14.6 Å². The third kappa shape index (κ3) is 5.47.